The lowest BCUT2D eigenvalue weighted by molar-refractivity contribution is 0.0472. The van der Waals surface area contributed by atoms with Crippen molar-refractivity contribution >= 4 is 33.0 Å². The molecule has 2 nitrogen and oxygen atoms in total. The molecule has 18 heavy (non-hydrogen) atoms. The quantitative estimate of drug-likeness (QED) is 0.906. The second-order valence-corrected chi connectivity index (χ2v) is 6.14. The predicted molar refractivity (Wildman–Crippen MR) is 77.9 cm³/mol. The average Bonchev–Trinajstić information content (AvgIpc) is 2.75. The summed E-state index contributed by atoms with van der Waals surface area (Å²) in [7, 11) is 1.96. The first-order valence-electron chi connectivity index (χ1n) is 6.19. The minimum atomic E-state index is 0.174. The van der Waals surface area contributed by atoms with E-state index in [-0.39, 0.29) is 6.10 Å². The molecule has 0 fully saturated rings. The molecule has 0 spiro atoms. The van der Waals surface area contributed by atoms with Crippen LogP contribution in [0.2, 0.25) is 5.02 Å². The molecule has 1 unspecified atom stereocenters. The zero-order chi connectivity index (χ0) is 12.7. The number of hydrogen-bond acceptors (Lipinski definition) is 3. The molecular weight excluding hydrogens is 266 g/mol. The van der Waals surface area contributed by atoms with Crippen LogP contribution in [-0.2, 0) is 11.2 Å². The molecule has 0 saturated carbocycles. The van der Waals surface area contributed by atoms with Gasteiger partial charge in [0.2, 0.25) is 0 Å². The molecule has 1 aromatic carbocycles. The first-order chi connectivity index (χ1) is 8.72. The van der Waals surface area contributed by atoms with E-state index in [1.807, 2.05) is 18.4 Å². The molecule has 0 aliphatic carbocycles. The minimum absolute atomic E-state index is 0.174. The van der Waals surface area contributed by atoms with Gasteiger partial charge in [0.25, 0.3) is 0 Å². The minimum Gasteiger partial charge on any atom is -0.371 e. The van der Waals surface area contributed by atoms with Crippen LogP contribution in [0, 0.1) is 6.92 Å². The van der Waals surface area contributed by atoms with E-state index >= 15 is 0 Å². The first kappa shape index (κ1) is 12.4. The Labute approximate surface area is 116 Å². The third-order valence-corrected chi connectivity index (χ3v) is 5.25. The fourth-order valence-corrected chi connectivity index (χ4v) is 4.20. The molecule has 0 saturated heterocycles. The van der Waals surface area contributed by atoms with Crippen molar-refractivity contribution in [2.75, 3.05) is 20.2 Å². The van der Waals surface area contributed by atoms with Gasteiger partial charge in [0, 0.05) is 21.5 Å². The maximum Gasteiger partial charge on any atom is 0.104 e. The third kappa shape index (κ3) is 1.86. The Hall–Kier alpha value is -0.610. The summed E-state index contributed by atoms with van der Waals surface area (Å²) < 4.78 is 7.13. The van der Waals surface area contributed by atoms with Crippen LogP contribution in [0.4, 0.5) is 0 Å². The highest BCUT2D eigenvalue weighted by atomic mass is 35.5. The van der Waals surface area contributed by atoms with E-state index in [1.54, 1.807) is 0 Å². The summed E-state index contributed by atoms with van der Waals surface area (Å²) in [5, 5.41) is 5.36. The summed E-state index contributed by atoms with van der Waals surface area (Å²) in [4.78, 5) is 1.35. The van der Waals surface area contributed by atoms with Crippen molar-refractivity contribution in [1.82, 2.24) is 5.32 Å². The summed E-state index contributed by atoms with van der Waals surface area (Å²) in [6, 6.07) is 4.27. The Balaban J connectivity index is 2.21. The van der Waals surface area contributed by atoms with Crippen LogP contribution >= 0.6 is 22.9 Å². The van der Waals surface area contributed by atoms with E-state index in [1.165, 1.54) is 20.5 Å². The Morgan fingerprint density at radius 3 is 3.11 bits per heavy atom. The topological polar surface area (TPSA) is 21.3 Å². The van der Waals surface area contributed by atoms with Crippen molar-refractivity contribution in [1.29, 1.82) is 0 Å². The molecule has 1 atom stereocenters. The van der Waals surface area contributed by atoms with Crippen molar-refractivity contribution in [2.45, 2.75) is 19.4 Å². The largest absolute Gasteiger partial charge is 0.371 e. The number of hydrogen-bond donors (Lipinski definition) is 1. The van der Waals surface area contributed by atoms with Crippen LogP contribution in [0.15, 0.2) is 12.1 Å². The number of halogens is 1. The molecule has 0 bridgehead atoms. The lowest BCUT2D eigenvalue weighted by Gasteiger charge is -2.23. The second-order valence-electron chi connectivity index (χ2n) is 4.68. The molecule has 2 heterocycles. The lowest BCUT2D eigenvalue weighted by Crippen LogP contribution is -2.23. The number of likely N-dealkylation sites (N-methyl/N-ethyl adjacent to an activating group) is 1. The summed E-state index contributed by atoms with van der Waals surface area (Å²) in [5.74, 6) is 0. The molecule has 1 aromatic heterocycles. The monoisotopic (exact) mass is 281 g/mol. The van der Waals surface area contributed by atoms with E-state index in [0.29, 0.717) is 0 Å². The summed E-state index contributed by atoms with van der Waals surface area (Å²) in [5.41, 5.74) is 2.55. The Morgan fingerprint density at radius 1 is 1.50 bits per heavy atom. The lowest BCUT2D eigenvalue weighted by atomic mass is 10.0. The van der Waals surface area contributed by atoms with Crippen molar-refractivity contribution < 1.29 is 4.74 Å². The van der Waals surface area contributed by atoms with Crippen LogP contribution < -0.4 is 5.32 Å². The molecule has 3 rings (SSSR count). The van der Waals surface area contributed by atoms with Gasteiger partial charge in [-0.05, 0) is 37.6 Å². The normalized spacial score (nSPS) is 19.2. The predicted octanol–water partition coefficient (Wildman–Crippen LogP) is 3.70. The number of thiophene rings is 1. The summed E-state index contributed by atoms with van der Waals surface area (Å²) in [6.07, 6.45) is 1.14. The van der Waals surface area contributed by atoms with Crippen molar-refractivity contribution in [2.24, 2.45) is 0 Å². The van der Waals surface area contributed by atoms with E-state index in [2.05, 4.69) is 24.4 Å². The maximum atomic E-state index is 6.48. The smallest absolute Gasteiger partial charge is 0.104 e. The van der Waals surface area contributed by atoms with Crippen LogP contribution in [0.5, 0.6) is 0 Å². The Kier molecular flexibility index (Phi) is 3.32. The maximum absolute atomic E-state index is 6.48. The van der Waals surface area contributed by atoms with Crippen LogP contribution in [-0.4, -0.2) is 20.2 Å². The van der Waals surface area contributed by atoms with Gasteiger partial charge in [-0.3, -0.25) is 0 Å². The molecule has 0 radical (unpaired) electrons. The number of rotatable bonds is 2. The molecule has 0 amide bonds. The molecule has 1 aliphatic heterocycles. The standard InChI is InChI=1S/C14H16ClNOS/c1-8-3-4-11-12(13(8)15)9-5-6-17-10(7-16-2)14(9)18-11/h3-4,10,16H,5-7H2,1-2H3. The zero-order valence-electron chi connectivity index (χ0n) is 10.5. The molecule has 4 heteroatoms. The van der Waals surface area contributed by atoms with Crippen molar-refractivity contribution in [3.05, 3.63) is 33.2 Å². The number of benzene rings is 1. The van der Waals surface area contributed by atoms with Gasteiger partial charge in [0.05, 0.1) is 11.6 Å². The summed E-state index contributed by atoms with van der Waals surface area (Å²) in [6.45, 7) is 3.71. The molecule has 2 aromatic rings. The van der Waals surface area contributed by atoms with Crippen molar-refractivity contribution in [3.63, 3.8) is 0 Å². The van der Waals surface area contributed by atoms with Crippen LogP contribution in [0.1, 0.15) is 22.1 Å². The van der Waals surface area contributed by atoms with E-state index in [4.69, 9.17) is 16.3 Å². The SMILES string of the molecule is CNCC1OCCc2c1sc1ccc(C)c(Cl)c21. The van der Waals surface area contributed by atoms with Crippen LogP contribution in [0.3, 0.4) is 0 Å². The summed E-state index contributed by atoms with van der Waals surface area (Å²) >= 11 is 8.30. The van der Waals surface area contributed by atoms with Gasteiger partial charge in [-0.2, -0.15) is 0 Å². The highest BCUT2D eigenvalue weighted by molar-refractivity contribution is 7.19. The number of fused-ring (bicyclic) bond motifs is 3. The van der Waals surface area contributed by atoms with Gasteiger partial charge >= 0.3 is 0 Å². The van der Waals surface area contributed by atoms with E-state index in [9.17, 15) is 0 Å². The van der Waals surface area contributed by atoms with Gasteiger partial charge in [-0.15, -0.1) is 11.3 Å². The van der Waals surface area contributed by atoms with Crippen LogP contribution in [0.25, 0.3) is 10.1 Å². The molecule has 1 aliphatic rings. The van der Waals surface area contributed by atoms with Gasteiger partial charge in [-0.25, -0.2) is 0 Å². The highest BCUT2D eigenvalue weighted by Gasteiger charge is 2.26. The average molecular weight is 282 g/mol. The van der Waals surface area contributed by atoms with E-state index < -0.39 is 0 Å². The van der Waals surface area contributed by atoms with E-state index in [0.717, 1.165) is 30.2 Å². The molecule has 1 N–H and O–H groups in total. The molecule has 96 valence electrons. The van der Waals surface area contributed by atoms with Gasteiger partial charge in [-0.1, -0.05) is 17.7 Å². The first-order valence-corrected chi connectivity index (χ1v) is 7.38. The fourth-order valence-electron chi connectivity index (χ4n) is 2.56. The number of ether oxygens (including phenoxy) is 1. The second kappa shape index (κ2) is 4.82. The number of nitrogens with one attached hydrogen (secondary N) is 1. The Morgan fingerprint density at radius 2 is 2.33 bits per heavy atom. The highest BCUT2D eigenvalue weighted by Crippen LogP contribution is 2.43. The third-order valence-electron chi connectivity index (χ3n) is 3.47. The van der Waals surface area contributed by atoms with Gasteiger partial charge in [0.15, 0.2) is 0 Å². The van der Waals surface area contributed by atoms with Crippen molar-refractivity contribution in [3.8, 4) is 0 Å². The van der Waals surface area contributed by atoms with Gasteiger partial charge in [0.1, 0.15) is 6.10 Å². The number of aryl methyl sites for hydroxylation is 1. The Bertz CT molecular complexity index is 593. The zero-order valence-corrected chi connectivity index (χ0v) is 12.1. The van der Waals surface area contributed by atoms with Gasteiger partial charge < -0.3 is 10.1 Å². The fraction of sp³-hybridized carbons (Fsp3) is 0.429. The molecular formula is C14H16ClNOS.